The van der Waals surface area contributed by atoms with Crippen LogP contribution in [0.2, 0.25) is 0 Å². The summed E-state index contributed by atoms with van der Waals surface area (Å²) in [5.41, 5.74) is 3.44. The second-order valence-electron chi connectivity index (χ2n) is 4.30. The number of nitrogens with one attached hydrogen (secondary N) is 1. The van der Waals surface area contributed by atoms with Gasteiger partial charge in [0, 0.05) is 9.75 Å². The number of nitrogens with zero attached hydrogens (tertiary/aromatic N) is 1. The number of hydrogen-bond donors (Lipinski definition) is 1. The van der Waals surface area contributed by atoms with Crippen LogP contribution in [0.3, 0.4) is 0 Å². The van der Waals surface area contributed by atoms with E-state index in [0.717, 1.165) is 10.4 Å². The zero-order valence-electron chi connectivity index (χ0n) is 11.4. The number of carbonyl (C=O) groups is 1. The Morgan fingerprint density at radius 1 is 1.30 bits per heavy atom. The van der Waals surface area contributed by atoms with Gasteiger partial charge in [-0.2, -0.15) is 5.10 Å². The molecule has 104 valence electrons. The third kappa shape index (κ3) is 4.20. The van der Waals surface area contributed by atoms with Gasteiger partial charge in [0.2, 0.25) is 0 Å². The fraction of sp³-hybridized carbons (Fsp3) is 0.200. The Bertz CT molecular complexity index is 620. The van der Waals surface area contributed by atoms with Crippen LogP contribution in [0, 0.1) is 13.8 Å². The van der Waals surface area contributed by atoms with Gasteiger partial charge in [-0.25, -0.2) is 5.43 Å². The highest BCUT2D eigenvalue weighted by atomic mass is 32.1. The molecule has 1 aromatic carbocycles. The van der Waals surface area contributed by atoms with Gasteiger partial charge < -0.3 is 4.74 Å². The first-order chi connectivity index (χ1) is 9.65. The Hall–Kier alpha value is -2.14. The highest BCUT2D eigenvalue weighted by Crippen LogP contribution is 2.15. The molecule has 2 rings (SSSR count). The summed E-state index contributed by atoms with van der Waals surface area (Å²) in [6.45, 7) is 3.91. The van der Waals surface area contributed by atoms with Crippen molar-refractivity contribution in [3.8, 4) is 5.75 Å². The smallest absolute Gasteiger partial charge is 0.277 e. The SMILES string of the molecule is Cc1ccc(/C=N/NC(=O)COc2ccccc2C)s1. The Morgan fingerprint density at radius 3 is 2.80 bits per heavy atom. The van der Waals surface area contributed by atoms with Gasteiger partial charge in [-0.15, -0.1) is 11.3 Å². The van der Waals surface area contributed by atoms with Gasteiger partial charge in [0.05, 0.1) is 6.21 Å². The summed E-state index contributed by atoms with van der Waals surface area (Å²) in [6, 6.07) is 11.5. The van der Waals surface area contributed by atoms with E-state index in [1.807, 2.05) is 50.2 Å². The largest absolute Gasteiger partial charge is 0.483 e. The summed E-state index contributed by atoms with van der Waals surface area (Å²) in [4.78, 5) is 13.8. The van der Waals surface area contributed by atoms with Crippen molar-refractivity contribution in [1.82, 2.24) is 5.43 Å². The predicted octanol–water partition coefficient (Wildman–Crippen LogP) is 2.89. The first kappa shape index (κ1) is 14.3. The molecule has 0 bridgehead atoms. The molecule has 0 aliphatic heterocycles. The summed E-state index contributed by atoms with van der Waals surface area (Å²) in [5, 5.41) is 3.90. The molecule has 1 N–H and O–H groups in total. The summed E-state index contributed by atoms with van der Waals surface area (Å²) in [6.07, 6.45) is 1.63. The summed E-state index contributed by atoms with van der Waals surface area (Å²) >= 11 is 1.62. The normalized spacial score (nSPS) is 10.7. The van der Waals surface area contributed by atoms with Crippen LogP contribution in [0.5, 0.6) is 5.75 Å². The van der Waals surface area contributed by atoms with Crippen molar-refractivity contribution in [2.45, 2.75) is 13.8 Å². The fourth-order valence-corrected chi connectivity index (χ4v) is 2.33. The van der Waals surface area contributed by atoms with E-state index in [4.69, 9.17) is 4.74 Å². The maximum atomic E-state index is 11.6. The van der Waals surface area contributed by atoms with Crippen LogP contribution >= 0.6 is 11.3 Å². The number of thiophene rings is 1. The van der Waals surface area contributed by atoms with Crippen LogP contribution in [-0.2, 0) is 4.79 Å². The minimum atomic E-state index is -0.280. The van der Waals surface area contributed by atoms with Crippen molar-refractivity contribution in [2.24, 2.45) is 5.10 Å². The molecule has 2 aromatic rings. The fourth-order valence-electron chi connectivity index (χ4n) is 1.58. The molecular weight excluding hydrogens is 272 g/mol. The highest BCUT2D eigenvalue weighted by Gasteiger charge is 2.03. The van der Waals surface area contributed by atoms with Crippen LogP contribution < -0.4 is 10.2 Å². The molecule has 5 heteroatoms. The molecule has 0 aliphatic carbocycles. The maximum Gasteiger partial charge on any atom is 0.277 e. The Morgan fingerprint density at radius 2 is 2.10 bits per heavy atom. The quantitative estimate of drug-likeness (QED) is 0.679. The van der Waals surface area contributed by atoms with Crippen LogP contribution in [0.25, 0.3) is 0 Å². The molecule has 4 nitrogen and oxygen atoms in total. The molecule has 0 saturated carbocycles. The number of ether oxygens (including phenoxy) is 1. The average molecular weight is 288 g/mol. The number of hydrogen-bond acceptors (Lipinski definition) is 4. The first-order valence-corrected chi connectivity index (χ1v) is 7.03. The molecule has 0 atom stereocenters. The Kier molecular flexibility index (Phi) is 4.90. The topological polar surface area (TPSA) is 50.7 Å². The average Bonchev–Trinajstić information content (AvgIpc) is 2.83. The molecular formula is C15H16N2O2S. The Balaban J connectivity index is 1.78. The highest BCUT2D eigenvalue weighted by molar-refractivity contribution is 7.13. The third-order valence-electron chi connectivity index (χ3n) is 2.59. The van der Waals surface area contributed by atoms with Crippen molar-refractivity contribution < 1.29 is 9.53 Å². The Labute approximate surface area is 122 Å². The van der Waals surface area contributed by atoms with E-state index < -0.39 is 0 Å². The van der Waals surface area contributed by atoms with Crippen molar-refractivity contribution >= 4 is 23.5 Å². The molecule has 0 radical (unpaired) electrons. The van der Waals surface area contributed by atoms with E-state index in [0.29, 0.717) is 5.75 Å². The maximum absolute atomic E-state index is 11.6. The number of carbonyl (C=O) groups excluding carboxylic acids is 1. The van der Waals surface area contributed by atoms with Crippen molar-refractivity contribution in [3.05, 3.63) is 51.7 Å². The number of benzene rings is 1. The summed E-state index contributed by atoms with van der Waals surface area (Å²) in [5.74, 6) is 0.429. The lowest BCUT2D eigenvalue weighted by atomic mass is 10.2. The predicted molar refractivity (Wildman–Crippen MR) is 81.5 cm³/mol. The van der Waals surface area contributed by atoms with Gasteiger partial charge in [0.15, 0.2) is 6.61 Å². The minimum Gasteiger partial charge on any atom is -0.483 e. The molecule has 1 amide bonds. The van der Waals surface area contributed by atoms with Crippen LogP contribution in [0.1, 0.15) is 15.3 Å². The third-order valence-corrected chi connectivity index (χ3v) is 3.53. The molecule has 20 heavy (non-hydrogen) atoms. The minimum absolute atomic E-state index is 0.0499. The van der Waals surface area contributed by atoms with Crippen LogP contribution in [-0.4, -0.2) is 18.7 Å². The van der Waals surface area contributed by atoms with E-state index >= 15 is 0 Å². The molecule has 0 aliphatic rings. The van der Waals surface area contributed by atoms with E-state index in [9.17, 15) is 4.79 Å². The van der Waals surface area contributed by atoms with Crippen LogP contribution in [0.15, 0.2) is 41.5 Å². The summed E-state index contributed by atoms with van der Waals surface area (Å²) in [7, 11) is 0. The van der Waals surface area contributed by atoms with Gasteiger partial charge in [-0.3, -0.25) is 4.79 Å². The number of aryl methyl sites for hydroxylation is 2. The number of para-hydroxylation sites is 1. The molecule has 1 heterocycles. The molecule has 0 unspecified atom stereocenters. The molecule has 0 spiro atoms. The zero-order chi connectivity index (χ0) is 14.4. The number of amides is 1. The van der Waals surface area contributed by atoms with E-state index in [-0.39, 0.29) is 12.5 Å². The standard InChI is InChI=1S/C15H16N2O2S/c1-11-5-3-4-6-14(11)19-10-15(18)17-16-9-13-8-7-12(2)20-13/h3-9H,10H2,1-2H3,(H,17,18)/b16-9+. The van der Waals surface area contributed by atoms with E-state index in [2.05, 4.69) is 10.5 Å². The van der Waals surface area contributed by atoms with E-state index in [1.165, 1.54) is 4.88 Å². The zero-order valence-corrected chi connectivity index (χ0v) is 12.2. The van der Waals surface area contributed by atoms with E-state index in [1.54, 1.807) is 17.6 Å². The lowest BCUT2D eigenvalue weighted by Crippen LogP contribution is -2.24. The lowest BCUT2D eigenvalue weighted by molar-refractivity contribution is -0.123. The van der Waals surface area contributed by atoms with Crippen LogP contribution in [0.4, 0.5) is 0 Å². The molecule has 1 aromatic heterocycles. The molecule has 0 saturated heterocycles. The second kappa shape index (κ2) is 6.86. The first-order valence-electron chi connectivity index (χ1n) is 6.22. The number of hydrazone groups is 1. The van der Waals surface area contributed by atoms with Crippen molar-refractivity contribution in [1.29, 1.82) is 0 Å². The van der Waals surface area contributed by atoms with Gasteiger partial charge in [-0.05, 0) is 37.6 Å². The van der Waals surface area contributed by atoms with Gasteiger partial charge in [0.1, 0.15) is 5.75 Å². The second-order valence-corrected chi connectivity index (χ2v) is 5.62. The van der Waals surface area contributed by atoms with Gasteiger partial charge in [-0.1, -0.05) is 18.2 Å². The van der Waals surface area contributed by atoms with Crippen molar-refractivity contribution in [2.75, 3.05) is 6.61 Å². The lowest BCUT2D eigenvalue weighted by Gasteiger charge is -2.07. The van der Waals surface area contributed by atoms with Crippen molar-refractivity contribution in [3.63, 3.8) is 0 Å². The molecule has 0 fully saturated rings. The monoisotopic (exact) mass is 288 g/mol. The van der Waals surface area contributed by atoms with Gasteiger partial charge in [0.25, 0.3) is 5.91 Å². The van der Waals surface area contributed by atoms with Gasteiger partial charge >= 0.3 is 0 Å². The number of rotatable bonds is 5. The summed E-state index contributed by atoms with van der Waals surface area (Å²) < 4.78 is 5.42.